The number of aromatic amines is 1. The van der Waals surface area contributed by atoms with E-state index in [2.05, 4.69) is 14.8 Å². The van der Waals surface area contributed by atoms with Crippen LogP contribution in [0.2, 0.25) is 0 Å². The smallest absolute Gasteiger partial charge is 0.353 e. The van der Waals surface area contributed by atoms with Gasteiger partial charge in [0.1, 0.15) is 18.4 Å². The van der Waals surface area contributed by atoms with Crippen molar-refractivity contribution in [3.8, 4) is 0 Å². The number of halogens is 3. The quantitative estimate of drug-likeness (QED) is 0.108. The van der Waals surface area contributed by atoms with Gasteiger partial charge in [-0.25, -0.2) is 9.36 Å². The summed E-state index contributed by atoms with van der Waals surface area (Å²) in [5, 5.41) is 2.58. The van der Waals surface area contributed by atoms with Crippen molar-refractivity contribution >= 4 is 33.2 Å². The van der Waals surface area contributed by atoms with Crippen LogP contribution in [0, 0.1) is 0 Å². The van der Waals surface area contributed by atoms with Crippen LogP contribution in [0.15, 0.2) is 21.9 Å². The van der Waals surface area contributed by atoms with E-state index in [0.717, 1.165) is 36.7 Å². The lowest BCUT2D eigenvalue weighted by molar-refractivity contribution is -0.171. The second kappa shape index (κ2) is 16.0. The number of phosphoric acid groups is 1. The van der Waals surface area contributed by atoms with Crippen LogP contribution in [0.1, 0.15) is 56.7 Å². The van der Waals surface area contributed by atoms with E-state index < -0.39 is 76.0 Å². The number of carbonyl (C=O) groups excluding carboxylic acids is 2. The second-order valence-electron chi connectivity index (χ2n) is 9.57. The number of nitrogens with one attached hydrogen (secondary N) is 2. The Morgan fingerprint density at radius 2 is 1.84 bits per heavy atom. The fraction of sp³-hybridized carbons (Fsp3) is 0.652. The molecule has 2 heterocycles. The van der Waals surface area contributed by atoms with Crippen molar-refractivity contribution in [3.05, 3.63) is 38.7 Å². The first-order valence-corrected chi connectivity index (χ1v) is 16.5. The van der Waals surface area contributed by atoms with Crippen molar-refractivity contribution in [1.29, 1.82) is 0 Å². The number of Topliss-reactive ketones (excluding diaryl/α,β-unsaturated/α-hetero) is 1. The Morgan fingerprint density at radius 1 is 1.19 bits per heavy atom. The van der Waals surface area contributed by atoms with Crippen LogP contribution in [-0.4, -0.2) is 76.3 Å². The van der Waals surface area contributed by atoms with Crippen molar-refractivity contribution in [3.63, 3.8) is 0 Å². The minimum absolute atomic E-state index is 0.122. The van der Waals surface area contributed by atoms with Crippen LogP contribution in [0.5, 0.6) is 0 Å². The van der Waals surface area contributed by atoms with Gasteiger partial charge in [0.25, 0.3) is 5.56 Å². The summed E-state index contributed by atoms with van der Waals surface area (Å²) in [4.78, 5) is 69.0. The molecule has 1 aromatic rings. The Labute approximate surface area is 243 Å². The number of unbranched alkanes of at least 4 members (excludes halogenated alkanes) is 4. The molecular weight excluding hydrogens is 629 g/mol. The zero-order chi connectivity index (χ0) is 32.4. The fourth-order valence-corrected chi connectivity index (χ4v) is 4.98. The van der Waals surface area contributed by atoms with E-state index in [0.29, 0.717) is 25.7 Å². The molecule has 244 valence electrons. The predicted molar refractivity (Wildman–Crippen MR) is 144 cm³/mol. The number of carbonyl (C=O) groups is 2. The third-order valence-corrected chi connectivity index (χ3v) is 7.70. The Kier molecular flexibility index (Phi) is 13.7. The lowest BCUT2D eigenvalue weighted by atomic mass is 10.1. The summed E-state index contributed by atoms with van der Waals surface area (Å²) in [5.74, 6) is -2.32. The van der Waals surface area contributed by atoms with Gasteiger partial charge in [-0.1, -0.05) is 19.3 Å². The topological polar surface area (TPSA) is 213 Å². The molecule has 0 aliphatic carbocycles. The minimum atomic E-state index is -4.82. The monoisotopic (exact) mass is 663 g/mol. The molecule has 0 radical (unpaired) electrons. The fourth-order valence-electron chi connectivity index (χ4n) is 3.91. The molecule has 1 fully saturated rings. The van der Waals surface area contributed by atoms with Gasteiger partial charge in [-0.15, -0.1) is 0 Å². The number of alkyl halides is 3. The van der Waals surface area contributed by atoms with Crippen LogP contribution < -0.4 is 16.6 Å². The molecule has 1 aliphatic heterocycles. The van der Waals surface area contributed by atoms with Crippen LogP contribution in [0.4, 0.5) is 13.2 Å². The molecule has 1 aliphatic rings. The number of nitrogens with zero attached hydrogens (tertiary/aromatic N) is 1. The molecule has 4 N–H and O–H groups in total. The molecule has 1 amide bonds. The molecule has 0 saturated carbocycles. The number of aromatic nitrogens is 2. The lowest BCUT2D eigenvalue weighted by Crippen LogP contribution is -2.33. The van der Waals surface area contributed by atoms with Gasteiger partial charge >= 0.3 is 27.3 Å². The maximum Gasteiger partial charge on any atom is 0.472 e. The van der Waals surface area contributed by atoms with Gasteiger partial charge in [0.2, 0.25) is 11.7 Å². The first-order valence-electron chi connectivity index (χ1n) is 13.0. The zero-order valence-electron chi connectivity index (χ0n) is 23.3. The van der Waals surface area contributed by atoms with Gasteiger partial charge < -0.3 is 24.4 Å². The van der Waals surface area contributed by atoms with Gasteiger partial charge in [0.05, 0.1) is 12.2 Å². The van der Waals surface area contributed by atoms with Gasteiger partial charge in [0, 0.05) is 45.4 Å². The minimum Gasteiger partial charge on any atom is -0.353 e. The summed E-state index contributed by atoms with van der Waals surface area (Å²) in [6.07, 6.45) is -3.65. The number of amides is 1. The highest BCUT2D eigenvalue weighted by molar-refractivity contribution is 7.51. The zero-order valence-corrected chi connectivity index (χ0v) is 25.1. The van der Waals surface area contributed by atoms with Gasteiger partial charge in [-0.2, -0.15) is 13.2 Å². The normalized spacial score (nSPS) is 21.9. The molecule has 15 nitrogen and oxygen atoms in total. The molecule has 1 aromatic heterocycles. The largest absolute Gasteiger partial charge is 0.472 e. The average Bonchev–Trinajstić information content (AvgIpc) is 3.28. The molecular formula is C23H34F3N3O12P2. The van der Waals surface area contributed by atoms with Crippen molar-refractivity contribution in [2.24, 2.45) is 0 Å². The van der Waals surface area contributed by atoms with Crippen molar-refractivity contribution in [2.45, 2.75) is 69.6 Å². The van der Waals surface area contributed by atoms with E-state index in [1.165, 1.54) is 0 Å². The molecule has 20 heteroatoms. The van der Waals surface area contributed by atoms with Crippen LogP contribution >= 0.6 is 15.4 Å². The van der Waals surface area contributed by atoms with E-state index in [1.54, 1.807) is 0 Å². The molecule has 0 spiro atoms. The number of hydrogen-bond acceptors (Lipinski definition) is 10. The summed E-state index contributed by atoms with van der Waals surface area (Å²) in [5.41, 5.74) is -1.87. The van der Waals surface area contributed by atoms with E-state index in [4.69, 9.17) is 13.8 Å². The standard InChI is InChI=1S/C23H34F3N3O12P2/c1-38-43(36,37)41-16-12-20(40-17(16)14-39-42(2,34)35)29-13-15(21(32)28-22(29)33)9-10-19(31)27-11-7-5-3-4-6-8-18(30)23(24,25)26/h9-10,13,16-17,20H,3-8,11-12,14H2,1-2H3,(H,27,31)(H,34,35)(H,36,37)(H,28,32,33)/b10-9+/t16?,17-,20-/m1/s1. The summed E-state index contributed by atoms with van der Waals surface area (Å²) in [6, 6.07) is 0. The molecule has 0 aromatic carbocycles. The van der Waals surface area contributed by atoms with Gasteiger partial charge in [0.15, 0.2) is 0 Å². The molecule has 5 atom stereocenters. The van der Waals surface area contributed by atoms with Gasteiger partial charge in [-0.3, -0.25) is 37.5 Å². The van der Waals surface area contributed by atoms with Crippen LogP contribution in [0.25, 0.3) is 6.08 Å². The lowest BCUT2D eigenvalue weighted by Gasteiger charge is -2.20. The highest BCUT2D eigenvalue weighted by atomic mass is 31.2. The number of hydrogen-bond donors (Lipinski definition) is 4. The number of ether oxygens (including phenoxy) is 1. The van der Waals surface area contributed by atoms with E-state index >= 15 is 0 Å². The number of H-pyrrole nitrogens is 1. The maximum absolute atomic E-state index is 12.5. The number of phosphoric ester groups is 1. The first-order chi connectivity index (χ1) is 19.9. The summed E-state index contributed by atoms with van der Waals surface area (Å²) < 4.78 is 80.9. The highest BCUT2D eigenvalue weighted by Gasteiger charge is 2.42. The Bertz CT molecular complexity index is 1360. The summed E-state index contributed by atoms with van der Waals surface area (Å²) in [6.45, 7) is 0.618. The average molecular weight is 663 g/mol. The number of rotatable bonds is 17. The molecule has 1 saturated heterocycles. The second-order valence-corrected chi connectivity index (χ2v) is 12.9. The SMILES string of the molecule is COP(=O)(O)OC1C[C@H](n2cc(/C=C/C(=O)NCCCCCCCC(=O)C(F)(F)F)c(=O)[nH]c2=O)O[C@@H]1COP(C)(=O)O. The number of ketones is 1. The van der Waals surface area contributed by atoms with Crippen molar-refractivity contribution < 1.29 is 60.0 Å². The maximum atomic E-state index is 12.5. The Hall–Kier alpha value is -2.43. The Balaban J connectivity index is 1.96. The molecule has 2 rings (SSSR count). The molecule has 43 heavy (non-hydrogen) atoms. The van der Waals surface area contributed by atoms with Crippen molar-refractivity contribution in [2.75, 3.05) is 26.9 Å². The van der Waals surface area contributed by atoms with Crippen LogP contribution in [-0.2, 0) is 37.0 Å². The summed E-state index contributed by atoms with van der Waals surface area (Å²) >= 11 is 0. The molecule has 0 bridgehead atoms. The predicted octanol–water partition coefficient (Wildman–Crippen LogP) is 2.39. The first kappa shape index (κ1) is 36.8. The third-order valence-electron chi connectivity index (χ3n) is 6.07. The van der Waals surface area contributed by atoms with E-state index in [9.17, 15) is 51.3 Å². The highest BCUT2D eigenvalue weighted by Crippen LogP contribution is 2.48. The van der Waals surface area contributed by atoms with Crippen LogP contribution in [0.3, 0.4) is 0 Å². The van der Waals surface area contributed by atoms with Crippen molar-refractivity contribution in [1.82, 2.24) is 14.9 Å². The van der Waals surface area contributed by atoms with E-state index in [1.807, 2.05) is 0 Å². The third kappa shape index (κ3) is 13.0. The van der Waals surface area contributed by atoms with E-state index in [-0.39, 0.29) is 24.9 Å². The van der Waals surface area contributed by atoms with Gasteiger partial charge in [-0.05, 0) is 18.9 Å². The summed E-state index contributed by atoms with van der Waals surface area (Å²) in [7, 11) is -7.59. The Morgan fingerprint density at radius 3 is 2.47 bits per heavy atom. The molecule has 3 unspecified atom stereocenters.